The molecule has 1 amide bonds. The lowest BCUT2D eigenvalue weighted by molar-refractivity contribution is -0.187. The molecular weight excluding hydrogens is 525 g/mol. The van der Waals surface area contributed by atoms with Gasteiger partial charge in [0.1, 0.15) is 0 Å². The monoisotopic (exact) mass is 568 g/mol. The van der Waals surface area contributed by atoms with E-state index >= 15 is 0 Å². The topological polar surface area (TPSA) is 47.9 Å². The highest BCUT2D eigenvalue weighted by molar-refractivity contribution is 6.20. The fraction of sp³-hybridized carbons (Fsp3) is 0.800. The Morgan fingerprint density at radius 1 is 1.23 bits per heavy atom. The molecular formula is C30H44ClF3N4O. The van der Waals surface area contributed by atoms with Crippen LogP contribution in [0.15, 0.2) is 28.9 Å². The first-order chi connectivity index (χ1) is 18.3. The number of alkyl halides is 4. The van der Waals surface area contributed by atoms with Gasteiger partial charge in [-0.15, -0.1) is 11.6 Å². The van der Waals surface area contributed by atoms with Gasteiger partial charge in [0.05, 0.1) is 24.0 Å². The van der Waals surface area contributed by atoms with Crippen LogP contribution in [0.3, 0.4) is 0 Å². The molecule has 7 unspecified atom stereocenters. The van der Waals surface area contributed by atoms with Crippen LogP contribution in [0, 0.1) is 29.1 Å². The molecule has 0 radical (unpaired) electrons. The third kappa shape index (κ3) is 6.07. The highest BCUT2D eigenvalue weighted by Gasteiger charge is 2.65. The van der Waals surface area contributed by atoms with Gasteiger partial charge in [0.25, 0.3) is 0 Å². The van der Waals surface area contributed by atoms with Crippen molar-refractivity contribution in [2.45, 2.75) is 108 Å². The number of hydrazone groups is 1. The molecule has 218 valence electrons. The Kier molecular flexibility index (Phi) is 7.95. The molecule has 0 aromatic rings. The standard InChI is InChI=1S/C30H44ClF3N4O/c1-19-6-5-7-21(12-19)26-8-10-28(3,4)38(20(2)36-26)35-11-9-27(39)37-17-24-16-29(24,18-37)22-13-23(30(32,33)34)15-25(31)14-22/h5-7,11,19-20,22-26,36H,8-10,12-18H2,1-4H3/b35-11-/t19?,20?,22?,23?,24?,25?,26-,29?/m1/s1. The van der Waals surface area contributed by atoms with E-state index in [1.54, 1.807) is 6.21 Å². The summed E-state index contributed by atoms with van der Waals surface area (Å²) >= 11 is 6.30. The van der Waals surface area contributed by atoms with Crippen LogP contribution in [-0.2, 0) is 4.79 Å². The van der Waals surface area contributed by atoms with Crippen molar-refractivity contribution in [3.63, 3.8) is 0 Å². The van der Waals surface area contributed by atoms with Crippen LogP contribution in [0.1, 0.15) is 79.1 Å². The van der Waals surface area contributed by atoms with Crippen LogP contribution in [0.5, 0.6) is 0 Å². The second-order valence-electron chi connectivity index (χ2n) is 13.5. The predicted octanol–water partition coefficient (Wildman–Crippen LogP) is 6.50. The number of nitrogens with zero attached hydrogens (tertiary/aromatic N) is 3. The van der Waals surface area contributed by atoms with Gasteiger partial charge in [0.2, 0.25) is 5.91 Å². The van der Waals surface area contributed by atoms with E-state index in [0.717, 1.165) is 25.7 Å². The number of hydrogen-bond acceptors (Lipinski definition) is 4. The number of carbonyl (C=O) groups is 1. The number of carbonyl (C=O) groups excluding carboxylic acids is 1. The SMILES string of the molecule is CC1C=CC=C([C@H]2CCC(C)(C)N(/N=C\CC(=O)N3CC4CC4(C4CC(Cl)CC(C(F)(F)F)C4)C3)C(C)N2)C1. The van der Waals surface area contributed by atoms with Gasteiger partial charge in [0, 0.05) is 30.7 Å². The Morgan fingerprint density at radius 2 is 2.00 bits per heavy atom. The van der Waals surface area contributed by atoms with Crippen molar-refractivity contribution in [1.29, 1.82) is 0 Å². The largest absolute Gasteiger partial charge is 0.391 e. The summed E-state index contributed by atoms with van der Waals surface area (Å²) in [7, 11) is 0. The van der Waals surface area contributed by atoms with E-state index in [-0.39, 0.29) is 48.2 Å². The van der Waals surface area contributed by atoms with Crippen LogP contribution < -0.4 is 5.32 Å². The first kappa shape index (κ1) is 29.0. The molecule has 9 heteroatoms. The summed E-state index contributed by atoms with van der Waals surface area (Å²) in [5.74, 6) is -0.526. The zero-order valence-electron chi connectivity index (χ0n) is 23.7. The maximum Gasteiger partial charge on any atom is 0.391 e. The van der Waals surface area contributed by atoms with E-state index in [1.165, 1.54) is 5.57 Å². The summed E-state index contributed by atoms with van der Waals surface area (Å²) in [5, 5.41) is 10.2. The average molecular weight is 569 g/mol. The van der Waals surface area contributed by atoms with E-state index in [1.807, 2.05) is 4.90 Å². The summed E-state index contributed by atoms with van der Waals surface area (Å²) < 4.78 is 40.5. The minimum absolute atomic E-state index is 0.00943. The number of likely N-dealkylation sites (tertiary alicyclic amines) is 1. The summed E-state index contributed by atoms with van der Waals surface area (Å²) in [5.41, 5.74) is 1.10. The quantitative estimate of drug-likeness (QED) is 0.304. The Morgan fingerprint density at radius 3 is 2.72 bits per heavy atom. The maximum atomic E-state index is 13.5. The maximum absolute atomic E-state index is 13.5. The molecule has 8 atom stereocenters. The first-order valence-electron chi connectivity index (χ1n) is 14.7. The molecule has 1 N–H and O–H groups in total. The third-order valence-corrected chi connectivity index (χ3v) is 10.5. The van der Waals surface area contributed by atoms with E-state index in [9.17, 15) is 18.0 Å². The Labute approximate surface area is 236 Å². The number of hydrogen-bond donors (Lipinski definition) is 1. The summed E-state index contributed by atoms with van der Waals surface area (Å²) in [4.78, 5) is 15.0. The van der Waals surface area contributed by atoms with Gasteiger partial charge in [-0.05, 0) is 88.9 Å². The van der Waals surface area contributed by atoms with Crippen LogP contribution in [0.25, 0.3) is 0 Å². The molecule has 2 aliphatic heterocycles. The summed E-state index contributed by atoms with van der Waals surface area (Å²) in [6.45, 7) is 9.97. The highest BCUT2D eigenvalue weighted by Crippen LogP contribution is 2.66. The van der Waals surface area contributed by atoms with Crippen molar-refractivity contribution in [1.82, 2.24) is 15.2 Å². The first-order valence-corrected chi connectivity index (χ1v) is 15.2. The van der Waals surface area contributed by atoms with E-state index in [0.29, 0.717) is 37.4 Å². The van der Waals surface area contributed by atoms with Crippen LogP contribution in [0.2, 0.25) is 0 Å². The molecule has 2 saturated carbocycles. The number of rotatable bonds is 5. The van der Waals surface area contributed by atoms with Gasteiger partial charge < -0.3 is 4.90 Å². The minimum atomic E-state index is -4.20. The molecule has 0 aromatic heterocycles. The average Bonchev–Trinajstić information content (AvgIpc) is 3.46. The van der Waals surface area contributed by atoms with E-state index in [4.69, 9.17) is 16.7 Å². The second kappa shape index (κ2) is 10.7. The fourth-order valence-electron chi connectivity index (χ4n) is 7.93. The molecule has 5 nitrogen and oxygen atoms in total. The normalized spacial score (nSPS) is 40.4. The molecule has 2 heterocycles. The van der Waals surface area contributed by atoms with Crippen molar-refractivity contribution in [3.8, 4) is 0 Å². The lowest BCUT2D eigenvalue weighted by atomic mass is 9.72. The lowest BCUT2D eigenvalue weighted by Gasteiger charge is -2.38. The number of allylic oxidation sites excluding steroid dienone is 3. The Balaban J connectivity index is 1.17. The molecule has 0 bridgehead atoms. The van der Waals surface area contributed by atoms with Crippen LogP contribution >= 0.6 is 11.6 Å². The van der Waals surface area contributed by atoms with Crippen molar-refractivity contribution < 1.29 is 18.0 Å². The number of amides is 1. The zero-order chi connectivity index (χ0) is 28.2. The van der Waals surface area contributed by atoms with E-state index < -0.39 is 17.5 Å². The van der Waals surface area contributed by atoms with Gasteiger partial charge in [0.15, 0.2) is 0 Å². The van der Waals surface area contributed by atoms with Crippen molar-refractivity contribution in [2.75, 3.05) is 13.1 Å². The molecule has 5 rings (SSSR count). The Bertz CT molecular complexity index is 1030. The van der Waals surface area contributed by atoms with Crippen molar-refractivity contribution >= 4 is 23.7 Å². The molecule has 0 spiro atoms. The third-order valence-electron chi connectivity index (χ3n) is 10.2. The number of halogens is 4. The molecule has 5 aliphatic rings. The summed E-state index contributed by atoms with van der Waals surface area (Å²) in [6.07, 6.45) is 9.17. The molecule has 4 fully saturated rings. The summed E-state index contributed by atoms with van der Waals surface area (Å²) in [6, 6.07) is 0.310. The van der Waals surface area contributed by atoms with Crippen LogP contribution in [0.4, 0.5) is 13.2 Å². The van der Waals surface area contributed by atoms with Crippen molar-refractivity contribution in [2.24, 2.45) is 34.2 Å². The number of nitrogens with one attached hydrogen (secondary N) is 1. The molecule has 0 aromatic carbocycles. The molecule has 2 saturated heterocycles. The molecule has 39 heavy (non-hydrogen) atoms. The zero-order valence-corrected chi connectivity index (χ0v) is 24.4. The predicted molar refractivity (Wildman–Crippen MR) is 149 cm³/mol. The lowest BCUT2D eigenvalue weighted by Crippen LogP contribution is -2.50. The van der Waals surface area contributed by atoms with E-state index in [2.05, 4.69) is 56.2 Å². The smallest absolute Gasteiger partial charge is 0.342 e. The number of fused-ring (bicyclic) bond motifs is 1. The van der Waals surface area contributed by atoms with Crippen molar-refractivity contribution in [3.05, 3.63) is 23.8 Å². The van der Waals surface area contributed by atoms with Gasteiger partial charge >= 0.3 is 6.18 Å². The van der Waals surface area contributed by atoms with Gasteiger partial charge in [-0.1, -0.05) is 30.7 Å². The minimum Gasteiger partial charge on any atom is -0.342 e. The second-order valence-corrected chi connectivity index (χ2v) is 14.2. The highest BCUT2D eigenvalue weighted by atomic mass is 35.5. The van der Waals surface area contributed by atoms with Gasteiger partial charge in [-0.3, -0.25) is 15.1 Å². The van der Waals surface area contributed by atoms with Crippen LogP contribution in [-0.4, -0.2) is 64.4 Å². The van der Waals surface area contributed by atoms with Gasteiger partial charge in [-0.25, -0.2) is 0 Å². The van der Waals surface area contributed by atoms with Gasteiger partial charge in [-0.2, -0.15) is 18.3 Å². The number of piperidine rings is 1. The molecule has 3 aliphatic carbocycles. The Hall–Kier alpha value is -1.54. The fourth-order valence-corrected chi connectivity index (χ4v) is 8.36.